The molecule has 592 valence electrons. The Labute approximate surface area is 621 Å². The highest BCUT2D eigenvalue weighted by Gasteiger charge is 2.50. The molecule has 34 heteroatoms. The molecule has 2 aromatic rings. The number of rotatable bonds is 36. The lowest BCUT2D eigenvalue weighted by Gasteiger charge is -2.35. The van der Waals surface area contributed by atoms with E-state index >= 15 is 9.59 Å². The SMILES string of the molecule is CC[C@H](C)C[C@H](C)CCCCCCCCC(=O)N[C@H]1C[C@@H](O)[C@@H](NCCN)NC(=O)[C@@H]2[C@@H](O)CCN2C(=O)[C@H]([C@H](O)CCNC(=O)[C@H](Cc2ccccc2)N2C(=O)[C@@H](NC(=O)[C@H](CCSC)NC=O)CC2C)NC(=O)[C@H]([C@H](O)[C@@H](O)c2ccc(O)cc2)NC(=O)[C@@H]2C[C@@H](O)CN2C(=O)[C@H]([C@H](O)CF)NC1=O. The van der Waals surface area contributed by atoms with Crippen LogP contribution in [-0.4, -0.2) is 276 Å². The molecule has 0 radical (unpaired) electrons. The molecule has 6 rings (SSSR count). The Kier molecular flexibility index (Phi) is 35.7. The van der Waals surface area contributed by atoms with Crippen LogP contribution in [0.3, 0.4) is 0 Å². The van der Waals surface area contributed by atoms with Crippen LogP contribution in [-0.2, 0) is 59.2 Å². The van der Waals surface area contributed by atoms with Gasteiger partial charge in [0.2, 0.25) is 65.5 Å². The Morgan fingerprint density at radius 1 is 0.708 bits per heavy atom. The number of thioether (sulfide) groups is 1. The van der Waals surface area contributed by atoms with Crippen LogP contribution in [0.4, 0.5) is 4.39 Å². The third-order valence-corrected chi connectivity index (χ3v) is 20.9. The number of carbonyl (C=O) groups excluding carboxylic acids is 11. The molecule has 11 amide bonds. The van der Waals surface area contributed by atoms with Crippen LogP contribution >= 0.6 is 11.8 Å². The van der Waals surface area contributed by atoms with E-state index < -0.39 is 214 Å². The Bertz CT molecular complexity index is 3210. The van der Waals surface area contributed by atoms with E-state index in [9.17, 15) is 88.4 Å². The maximum atomic E-state index is 15.5. The molecule has 4 heterocycles. The lowest BCUT2D eigenvalue weighted by molar-refractivity contribution is -0.148. The van der Waals surface area contributed by atoms with E-state index in [4.69, 9.17) is 5.73 Å². The van der Waals surface area contributed by atoms with Gasteiger partial charge in [0, 0.05) is 64.4 Å². The van der Waals surface area contributed by atoms with Crippen molar-refractivity contribution >= 4 is 77.2 Å². The minimum Gasteiger partial charge on any atom is -0.508 e. The molecule has 0 spiro atoms. The second kappa shape index (κ2) is 43.4. The van der Waals surface area contributed by atoms with Crippen LogP contribution in [0.1, 0.15) is 148 Å². The smallest absolute Gasteiger partial charge is 0.248 e. The molecule has 0 saturated carbocycles. The fourth-order valence-corrected chi connectivity index (χ4v) is 14.6. The Hall–Kier alpha value is -7.67. The topological polar surface area (TPSA) is 494 Å². The van der Waals surface area contributed by atoms with Gasteiger partial charge in [0.25, 0.3) is 0 Å². The average molecular weight is 1510 g/mol. The van der Waals surface area contributed by atoms with Crippen LogP contribution in [0, 0.1) is 11.8 Å². The first kappa shape index (κ1) is 87.2. The zero-order valence-corrected chi connectivity index (χ0v) is 61.9. The van der Waals surface area contributed by atoms with Crippen molar-refractivity contribution in [1.82, 2.24) is 62.6 Å². The van der Waals surface area contributed by atoms with Crippen LogP contribution < -0.4 is 53.6 Å². The molecule has 106 heavy (non-hydrogen) atoms. The summed E-state index contributed by atoms with van der Waals surface area (Å²) in [5.74, 6) is -9.38. The number of aliphatic hydroxyl groups excluding tert-OH is 7. The first-order valence-electron chi connectivity index (χ1n) is 36.9. The number of amides is 11. The van der Waals surface area contributed by atoms with E-state index in [1.807, 2.05) is 6.26 Å². The van der Waals surface area contributed by atoms with Crippen LogP contribution in [0.15, 0.2) is 54.6 Å². The average Bonchev–Trinajstić information content (AvgIpc) is 1.63. The fraction of sp³-hybridized carbons (Fsp3) is 0.681. The number of hydrogen-bond donors (Lipinski definition) is 18. The molecule has 32 nitrogen and oxygen atoms in total. The van der Waals surface area contributed by atoms with Crippen molar-refractivity contribution in [1.29, 1.82) is 0 Å². The third kappa shape index (κ3) is 24.9. The summed E-state index contributed by atoms with van der Waals surface area (Å²) in [4.78, 5) is 160. The predicted molar refractivity (Wildman–Crippen MR) is 387 cm³/mol. The molecule has 2 aromatic carbocycles. The molecule has 0 aliphatic carbocycles. The molecule has 20 atom stereocenters. The van der Waals surface area contributed by atoms with Crippen LogP contribution in [0.5, 0.6) is 5.75 Å². The summed E-state index contributed by atoms with van der Waals surface area (Å²) in [6.45, 7) is 4.60. The highest BCUT2D eigenvalue weighted by atomic mass is 32.2. The number of carbonyl (C=O) groups is 11. The standard InChI is InChI=1S/C72H112FN13O19S/c1-6-40(2)32-41(3)16-12-9-7-8-10-15-19-56(94)78-48-36-54(92)63(75-29-27-74)83-69(102)60-53(91)25-30-84(60)71(104)57(52(90)24-28-76-66(99)51(34-43-17-13-11-14-18-43)86-42(4)33-49(70(86)103)79-64(97)47(77-39-87)26-31-106-5)81-68(101)59(62(96)61(95)44-20-22-45(88)23-21-44)82-67(100)50-35-46(89)38-85(50)72(105)58(55(93)37-73)80-65(48)98/h11,13-14,17-18,20-23,39-42,46-55,57-63,75,88-93,95-96H,6-10,12,15-16,19,24-38,74H2,1-5H3,(H,76,99)(H,77,87)(H,78,94)(H,79,97)(H,80,98)(H,81,101)(H,82,100)(H,83,102)/t40-,41+,42?,46+,47-,48-,49-,50-,51-,52+,53-,54+,55+,57-,58-,59-,60-,61-,62-,63-/m0/s1. The zero-order chi connectivity index (χ0) is 77.9. The number of phenols is 1. The minimum atomic E-state index is -2.47. The highest BCUT2D eigenvalue weighted by Crippen LogP contribution is 2.29. The second-order valence-electron chi connectivity index (χ2n) is 28.5. The van der Waals surface area contributed by atoms with Crippen molar-refractivity contribution < 1.29 is 98.0 Å². The number of likely N-dealkylation sites (tertiary alicyclic amines) is 1. The largest absolute Gasteiger partial charge is 0.508 e. The summed E-state index contributed by atoms with van der Waals surface area (Å²) in [6.07, 6.45) is -8.06. The molecule has 0 bridgehead atoms. The number of hydrogen-bond acceptors (Lipinski definition) is 22. The minimum absolute atomic E-state index is 0.0566. The van der Waals surface area contributed by atoms with Crippen LogP contribution in [0.25, 0.3) is 0 Å². The number of halogens is 1. The quantitative estimate of drug-likeness (QED) is 0.0245. The number of alkyl halides is 1. The number of fused-ring (bicyclic) bond motifs is 2. The Balaban J connectivity index is 1.36. The van der Waals surface area contributed by atoms with Gasteiger partial charge in [-0.1, -0.05) is 108 Å². The first-order chi connectivity index (χ1) is 50.6. The van der Waals surface area contributed by atoms with Gasteiger partial charge in [-0.05, 0) is 92.6 Å². The molecule has 4 aliphatic rings. The van der Waals surface area contributed by atoms with Gasteiger partial charge < -0.3 is 104 Å². The highest BCUT2D eigenvalue weighted by molar-refractivity contribution is 7.98. The molecular weight excluding hydrogens is 1400 g/mol. The number of nitrogens with two attached hydrogens (primary N) is 1. The predicted octanol–water partition coefficient (Wildman–Crippen LogP) is -2.62. The van der Waals surface area contributed by atoms with Crippen molar-refractivity contribution in [3.05, 3.63) is 65.7 Å². The monoisotopic (exact) mass is 1510 g/mol. The van der Waals surface area contributed by atoms with Gasteiger partial charge in [0.15, 0.2) is 0 Å². The van der Waals surface area contributed by atoms with E-state index in [0.29, 0.717) is 47.3 Å². The number of aliphatic hydroxyl groups is 7. The van der Waals surface area contributed by atoms with Gasteiger partial charge in [-0.15, -0.1) is 0 Å². The molecule has 4 saturated heterocycles. The van der Waals surface area contributed by atoms with Gasteiger partial charge in [0.05, 0.1) is 24.4 Å². The molecule has 0 aromatic heterocycles. The number of benzene rings is 2. The van der Waals surface area contributed by atoms with Gasteiger partial charge in [-0.25, -0.2) is 4.39 Å². The van der Waals surface area contributed by atoms with Gasteiger partial charge in [-0.2, -0.15) is 11.8 Å². The van der Waals surface area contributed by atoms with Gasteiger partial charge in [-0.3, -0.25) is 58.1 Å². The summed E-state index contributed by atoms with van der Waals surface area (Å²) in [6, 6.07) is -3.67. The normalized spacial score (nSPS) is 26.6. The van der Waals surface area contributed by atoms with E-state index in [2.05, 4.69) is 68.6 Å². The first-order valence-corrected chi connectivity index (χ1v) is 38.3. The summed E-state index contributed by atoms with van der Waals surface area (Å²) in [5.41, 5.74) is 6.32. The van der Waals surface area contributed by atoms with Gasteiger partial charge >= 0.3 is 0 Å². The third-order valence-electron chi connectivity index (χ3n) is 20.3. The van der Waals surface area contributed by atoms with E-state index in [-0.39, 0.29) is 56.5 Å². The number of aromatic hydroxyl groups is 1. The number of nitrogens with one attached hydrogen (secondary N) is 9. The van der Waals surface area contributed by atoms with Crippen molar-refractivity contribution in [2.45, 2.75) is 246 Å². The van der Waals surface area contributed by atoms with E-state index in [0.717, 1.165) is 74.1 Å². The lowest BCUT2D eigenvalue weighted by Crippen LogP contribution is -2.65. The molecule has 4 aliphatic heterocycles. The number of nitrogens with zero attached hydrogens (tertiary/aromatic N) is 3. The van der Waals surface area contributed by atoms with Crippen molar-refractivity contribution in [3.8, 4) is 5.75 Å². The number of unbranched alkanes of at least 4 members (excludes halogenated alkanes) is 5. The summed E-state index contributed by atoms with van der Waals surface area (Å²) >= 11 is 1.44. The zero-order valence-electron chi connectivity index (χ0n) is 61.1. The van der Waals surface area contributed by atoms with E-state index in [1.165, 1.54) is 16.7 Å². The maximum Gasteiger partial charge on any atom is 0.248 e. The summed E-state index contributed by atoms with van der Waals surface area (Å²) in [7, 11) is 0. The Morgan fingerprint density at radius 2 is 1.36 bits per heavy atom. The van der Waals surface area contributed by atoms with Crippen LogP contribution in [0.2, 0.25) is 0 Å². The van der Waals surface area contributed by atoms with Crippen molar-refractivity contribution in [2.75, 3.05) is 51.4 Å². The fourth-order valence-electron chi connectivity index (χ4n) is 14.1. The second-order valence-corrected chi connectivity index (χ2v) is 29.5. The van der Waals surface area contributed by atoms with Gasteiger partial charge in [0.1, 0.15) is 91.3 Å². The van der Waals surface area contributed by atoms with Crippen molar-refractivity contribution in [3.63, 3.8) is 0 Å². The van der Waals surface area contributed by atoms with E-state index in [1.54, 1.807) is 37.3 Å². The maximum absolute atomic E-state index is 15.5. The molecular formula is C72H112FN13O19S. The summed E-state index contributed by atoms with van der Waals surface area (Å²) < 4.78 is 14.8. The summed E-state index contributed by atoms with van der Waals surface area (Å²) in [5, 5.41) is 115. The molecule has 19 N–H and O–H groups in total. The molecule has 4 fully saturated rings. The number of phenolic OH excluding ortho intramolecular Hbond substituents is 1. The lowest BCUT2D eigenvalue weighted by atomic mass is 9.91. The Morgan fingerprint density at radius 3 is 2.02 bits per heavy atom. The van der Waals surface area contributed by atoms with Crippen molar-refractivity contribution in [2.24, 2.45) is 17.6 Å². The molecule has 1 unspecified atom stereocenters.